The lowest BCUT2D eigenvalue weighted by Crippen LogP contribution is -2.14. The summed E-state index contributed by atoms with van der Waals surface area (Å²) in [6.45, 7) is 1.77. The van der Waals surface area contributed by atoms with Gasteiger partial charge in [0.2, 0.25) is 5.76 Å². The average Bonchev–Trinajstić information content (AvgIpc) is 3.04. The minimum atomic E-state index is -4.46. The van der Waals surface area contributed by atoms with Crippen LogP contribution in [0.1, 0.15) is 45.4 Å². The molecule has 2 N–H and O–H groups in total. The van der Waals surface area contributed by atoms with Gasteiger partial charge in [0.05, 0.1) is 5.56 Å². The van der Waals surface area contributed by atoms with E-state index in [9.17, 15) is 22.8 Å². The number of carboxylic acids is 1. The fraction of sp³-hybridized carbons (Fsp3) is 0.200. The normalized spacial score (nSPS) is 11.6. The average molecular weight is 391 g/mol. The molecule has 0 fully saturated rings. The van der Waals surface area contributed by atoms with E-state index >= 15 is 0 Å². The molecule has 1 aromatic heterocycles. The molecule has 2 aromatic carbocycles. The zero-order chi connectivity index (χ0) is 20.5. The summed E-state index contributed by atoms with van der Waals surface area (Å²) in [5.74, 6) is -2.02. The van der Waals surface area contributed by atoms with Crippen molar-refractivity contribution < 1.29 is 32.3 Å². The molecule has 0 aliphatic rings. The van der Waals surface area contributed by atoms with Crippen LogP contribution in [0.3, 0.4) is 0 Å². The predicted octanol–water partition coefficient (Wildman–Crippen LogP) is 5.35. The standard InChI is InChI=1S/C20H16F3NO4/c1-2-3-11-8-14(6-7-15(11)20(21,22)23)24-18(25)13-5-4-12-9-17(19(26)27)28-16(12)10-13/h4-10H,2-3H2,1H3,(H,24,25)(H,26,27). The molecule has 146 valence electrons. The fourth-order valence-corrected chi connectivity index (χ4v) is 2.91. The second-order valence-electron chi connectivity index (χ2n) is 6.24. The summed E-state index contributed by atoms with van der Waals surface area (Å²) in [7, 11) is 0. The summed E-state index contributed by atoms with van der Waals surface area (Å²) >= 11 is 0. The van der Waals surface area contributed by atoms with Crippen molar-refractivity contribution in [2.45, 2.75) is 25.9 Å². The zero-order valence-electron chi connectivity index (χ0n) is 14.8. The van der Waals surface area contributed by atoms with Crippen molar-refractivity contribution in [3.05, 3.63) is 64.9 Å². The maximum atomic E-state index is 13.1. The number of benzene rings is 2. The largest absolute Gasteiger partial charge is 0.475 e. The molecule has 5 nitrogen and oxygen atoms in total. The molecule has 28 heavy (non-hydrogen) atoms. The van der Waals surface area contributed by atoms with Crippen LogP contribution in [0.25, 0.3) is 11.0 Å². The Morgan fingerprint density at radius 3 is 2.50 bits per heavy atom. The fourth-order valence-electron chi connectivity index (χ4n) is 2.91. The van der Waals surface area contributed by atoms with Crippen molar-refractivity contribution >= 4 is 28.5 Å². The number of rotatable bonds is 5. The monoisotopic (exact) mass is 391 g/mol. The molecule has 0 saturated heterocycles. The van der Waals surface area contributed by atoms with Crippen LogP contribution in [-0.2, 0) is 12.6 Å². The van der Waals surface area contributed by atoms with E-state index in [1.165, 1.54) is 36.4 Å². The Balaban J connectivity index is 1.87. The van der Waals surface area contributed by atoms with E-state index in [1.54, 1.807) is 6.92 Å². The van der Waals surface area contributed by atoms with E-state index in [1.807, 2.05) is 0 Å². The molecule has 0 unspecified atom stereocenters. The first kappa shape index (κ1) is 19.5. The molecule has 1 amide bonds. The molecule has 0 radical (unpaired) electrons. The van der Waals surface area contributed by atoms with Gasteiger partial charge in [-0.3, -0.25) is 4.79 Å². The number of hydrogen-bond acceptors (Lipinski definition) is 3. The zero-order valence-corrected chi connectivity index (χ0v) is 14.8. The van der Waals surface area contributed by atoms with Gasteiger partial charge in [-0.05, 0) is 48.4 Å². The summed E-state index contributed by atoms with van der Waals surface area (Å²) in [5, 5.41) is 12.0. The molecular formula is C20H16F3NO4. The van der Waals surface area contributed by atoms with Gasteiger partial charge in [-0.1, -0.05) is 19.4 Å². The molecule has 0 aliphatic carbocycles. The summed E-state index contributed by atoms with van der Waals surface area (Å²) in [5.41, 5.74) is 0.0537. The van der Waals surface area contributed by atoms with Crippen molar-refractivity contribution in [1.82, 2.24) is 0 Å². The van der Waals surface area contributed by atoms with Crippen LogP contribution in [0.15, 0.2) is 46.9 Å². The van der Waals surface area contributed by atoms with Gasteiger partial charge in [-0.2, -0.15) is 13.2 Å². The molecular weight excluding hydrogens is 375 g/mol. The highest BCUT2D eigenvalue weighted by atomic mass is 19.4. The van der Waals surface area contributed by atoms with E-state index < -0.39 is 23.6 Å². The van der Waals surface area contributed by atoms with Gasteiger partial charge in [0.1, 0.15) is 5.58 Å². The number of alkyl halides is 3. The topological polar surface area (TPSA) is 79.5 Å². The van der Waals surface area contributed by atoms with E-state index in [4.69, 9.17) is 9.52 Å². The molecule has 0 spiro atoms. The minimum absolute atomic E-state index is 0.111. The van der Waals surface area contributed by atoms with Crippen LogP contribution >= 0.6 is 0 Å². The molecule has 1 heterocycles. The smallest absolute Gasteiger partial charge is 0.416 e. The molecule has 0 aliphatic heterocycles. The number of aryl methyl sites for hydroxylation is 1. The van der Waals surface area contributed by atoms with Crippen molar-refractivity contribution in [2.75, 3.05) is 5.32 Å². The third-order valence-electron chi connectivity index (χ3n) is 4.18. The van der Waals surface area contributed by atoms with Crippen LogP contribution in [0.5, 0.6) is 0 Å². The van der Waals surface area contributed by atoms with Crippen molar-refractivity contribution in [3.63, 3.8) is 0 Å². The van der Waals surface area contributed by atoms with Gasteiger partial charge in [0.25, 0.3) is 5.91 Å². The van der Waals surface area contributed by atoms with Gasteiger partial charge >= 0.3 is 12.1 Å². The highest BCUT2D eigenvalue weighted by molar-refractivity contribution is 6.06. The van der Waals surface area contributed by atoms with Crippen LogP contribution in [0.4, 0.5) is 18.9 Å². The number of aromatic carboxylic acids is 1. The first-order valence-electron chi connectivity index (χ1n) is 8.47. The quantitative estimate of drug-likeness (QED) is 0.614. The van der Waals surface area contributed by atoms with Crippen molar-refractivity contribution in [1.29, 1.82) is 0 Å². The Morgan fingerprint density at radius 1 is 1.11 bits per heavy atom. The van der Waals surface area contributed by atoms with E-state index in [-0.39, 0.29) is 34.6 Å². The number of furan rings is 1. The van der Waals surface area contributed by atoms with E-state index in [0.29, 0.717) is 11.8 Å². The first-order chi connectivity index (χ1) is 13.2. The SMILES string of the molecule is CCCc1cc(NC(=O)c2ccc3cc(C(=O)O)oc3c2)ccc1C(F)(F)F. The van der Waals surface area contributed by atoms with Crippen LogP contribution < -0.4 is 5.32 Å². The molecule has 0 atom stereocenters. The minimum Gasteiger partial charge on any atom is -0.475 e. The number of anilines is 1. The van der Waals surface area contributed by atoms with Gasteiger partial charge in [-0.15, -0.1) is 0 Å². The van der Waals surface area contributed by atoms with Crippen LogP contribution in [0.2, 0.25) is 0 Å². The number of carbonyl (C=O) groups excluding carboxylic acids is 1. The Bertz CT molecular complexity index is 1050. The maximum Gasteiger partial charge on any atom is 0.416 e. The molecule has 3 aromatic rings. The Labute approximate surface area is 157 Å². The lowest BCUT2D eigenvalue weighted by Gasteiger charge is -2.14. The van der Waals surface area contributed by atoms with Gasteiger partial charge in [0.15, 0.2) is 0 Å². The summed E-state index contributed by atoms with van der Waals surface area (Å²) in [6, 6.07) is 9.22. The summed E-state index contributed by atoms with van der Waals surface area (Å²) < 4.78 is 44.5. The second-order valence-corrected chi connectivity index (χ2v) is 6.24. The number of carbonyl (C=O) groups is 2. The van der Waals surface area contributed by atoms with E-state index in [0.717, 1.165) is 6.07 Å². The highest BCUT2D eigenvalue weighted by Gasteiger charge is 2.33. The van der Waals surface area contributed by atoms with Crippen LogP contribution in [0, 0.1) is 0 Å². The Morgan fingerprint density at radius 2 is 1.86 bits per heavy atom. The molecule has 0 bridgehead atoms. The Kier molecular flexibility index (Phi) is 5.13. The third-order valence-corrected chi connectivity index (χ3v) is 4.18. The number of carboxylic acid groups (broad SMARTS) is 1. The lowest BCUT2D eigenvalue weighted by molar-refractivity contribution is -0.138. The van der Waals surface area contributed by atoms with E-state index in [2.05, 4.69) is 5.32 Å². The van der Waals surface area contributed by atoms with Crippen molar-refractivity contribution in [2.24, 2.45) is 0 Å². The Hall–Kier alpha value is -3.29. The van der Waals surface area contributed by atoms with Crippen LogP contribution in [-0.4, -0.2) is 17.0 Å². The number of amides is 1. The number of fused-ring (bicyclic) bond motifs is 1. The van der Waals surface area contributed by atoms with Gasteiger partial charge in [-0.25, -0.2) is 4.79 Å². The highest BCUT2D eigenvalue weighted by Crippen LogP contribution is 2.34. The molecule has 3 rings (SSSR count). The predicted molar refractivity (Wildman–Crippen MR) is 96.6 cm³/mol. The third kappa shape index (κ3) is 4.00. The maximum absolute atomic E-state index is 13.1. The second kappa shape index (κ2) is 7.38. The first-order valence-corrected chi connectivity index (χ1v) is 8.47. The molecule has 0 saturated carbocycles. The number of halogens is 3. The number of nitrogens with one attached hydrogen (secondary N) is 1. The van der Waals surface area contributed by atoms with Gasteiger partial charge in [0, 0.05) is 16.6 Å². The van der Waals surface area contributed by atoms with Crippen molar-refractivity contribution in [3.8, 4) is 0 Å². The lowest BCUT2D eigenvalue weighted by atomic mass is 10.0. The van der Waals surface area contributed by atoms with Gasteiger partial charge < -0.3 is 14.8 Å². The summed E-state index contributed by atoms with van der Waals surface area (Å²) in [6.07, 6.45) is -3.70. The molecule has 8 heteroatoms. The summed E-state index contributed by atoms with van der Waals surface area (Å²) in [4.78, 5) is 23.4. The number of hydrogen-bond donors (Lipinski definition) is 2.